The average molecular weight is 208 g/mol. The van der Waals surface area contributed by atoms with Crippen molar-refractivity contribution < 1.29 is 0 Å². The highest BCUT2D eigenvalue weighted by molar-refractivity contribution is 5.09. The van der Waals surface area contributed by atoms with Crippen LogP contribution in [-0.4, -0.2) is 0 Å². The Morgan fingerprint density at radius 1 is 1.07 bits per heavy atom. The molecule has 0 aliphatic heterocycles. The predicted molar refractivity (Wildman–Crippen MR) is 73.2 cm³/mol. The molecule has 0 saturated carbocycles. The lowest BCUT2D eigenvalue weighted by atomic mass is 10.1. The van der Waals surface area contributed by atoms with E-state index >= 15 is 0 Å². The lowest BCUT2D eigenvalue weighted by molar-refractivity contribution is 0.726. The summed E-state index contributed by atoms with van der Waals surface area (Å²) in [5.41, 5.74) is 2.77. The Balaban J connectivity index is 0. The van der Waals surface area contributed by atoms with Gasteiger partial charge >= 0.3 is 0 Å². The Bertz CT molecular complexity index is 194. The highest BCUT2D eigenvalue weighted by Gasteiger charge is 1.91. The molecule has 88 valence electrons. The van der Waals surface area contributed by atoms with Crippen LogP contribution in [0.25, 0.3) is 0 Å². The molecule has 0 aromatic carbocycles. The molecular formula is C15H28. The molecule has 0 spiro atoms. The van der Waals surface area contributed by atoms with E-state index in [1.807, 2.05) is 20.8 Å². The summed E-state index contributed by atoms with van der Waals surface area (Å²) in [4.78, 5) is 0. The smallest absolute Gasteiger partial charge is 0.0320 e. The van der Waals surface area contributed by atoms with Crippen molar-refractivity contribution in [3.05, 3.63) is 36.0 Å². The van der Waals surface area contributed by atoms with E-state index in [2.05, 4.69) is 38.7 Å². The standard InChI is InChI=1S/C13H22.C2H6/c1-5-6-10-13(4)11-8-7-9-12(2)3;1-2/h5-6,10H,2,7-9,11H2,1,3-4H3;1-2H3/b6-5-,13-10+;. The van der Waals surface area contributed by atoms with E-state index < -0.39 is 0 Å². The first kappa shape index (κ1) is 16.6. The summed E-state index contributed by atoms with van der Waals surface area (Å²) < 4.78 is 0. The van der Waals surface area contributed by atoms with Gasteiger partial charge in [-0.3, -0.25) is 0 Å². The van der Waals surface area contributed by atoms with Crippen LogP contribution < -0.4 is 0 Å². The topological polar surface area (TPSA) is 0 Å². The molecule has 15 heavy (non-hydrogen) atoms. The molecule has 0 saturated heterocycles. The van der Waals surface area contributed by atoms with Crippen LogP contribution in [0.4, 0.5) is 0 Å². The second kappa shape index (κ2) is 13.2. The minimum Gasteiger partial charge on any atom is -0.100 e. The zero-order chi connectivity index (χ0) is 12.1. The van der Waals surface area contributed by atoms with E-state index in [4.69, 9.17) is 0 Å². The number of hydrogen-bond donors (Lipinski definition) is 0. The Labute approximate surface area is 96.8 Å². The zero-order valence-corrected chi connectivity index (χ0v) is 11.3. The Kier molecular flexibility index (Phi) is 14.7. The van der Waals surface area contributed by atoms with E-state index in [-0.39, 0.29) is 0 Å². The lowest BCUT2D eigenvalue weighted by Crippen LogP contribution is -1.80. The van der Waals surface area contributed by atoms with Crippen LogP contribution >= 0.6 is 0 Å². The van der Waals surface area contributed by atoms with Gasteiger partial charge in [0.2, 0.25) is 0 Å². The van der Waals surface area contributed by atoms with Crippen molar-refractivity contribution >= 4 is 0 Å². The zero-order valence-electron chi connectivity index (χ0n) is 11.3. The van der Waals surface area contributed by atoms with Crippen LogP contribution in [0.2, 0.25) is 0 Å². The monoisotopic (exact) mass is 208 g/mol. The molecule has 0 N–H and O–H groups in total. The highest BCUT2D eigenvalue weighted by Crippen LogP contribution is 2.10. The fourth-order valence-corrected chi connectivity index (χ4v) is 1.17. The average Bonchev–Trinajstić information content (AvgIpc) is 2.24. The van der Waals surface area contributed by atoms with Crippen molar-refractivity contribution in [2.24, 2.45) is 0 Å². The number of unbranched alkanes of at least 4 members (excludes halogenated alkanes) is 1. The first-order valence-electron chi connectivity index (χ1n) is 6.09. The van der Waals surface area contributed by atoms with E-state index in [1.165, 1.54) is 36.8 Å². The van der Waals surface area contributed by atoms with E-state index in [0.717, 1.165) is 0 Å². The third-order valence-corrected chi connectivity index (χ3v) is 2.00. The minimum absolute atomic E-state index is 1.18. The molecule has 0 aliphatic carbocycles. The molecule has 0 radical (unpaired) electrons. The molecule has 0 aromatic rings. The van der Waals surface area contributed by atoms with E-state index in [9.17, 15) is 0 Å². The summed E-state index contributed by atoms with van der Waals surface area (Å²) in [6, 6.07) is 0. The van der Waals surface area contributed by atoms with Crippen molar-refractivity contribution in [3.8, 4) is 0 Å². The van der Waals surface area contributed by atoms with Gasteiger partial charge in [0, 0.05) is 0 Å². The highest BCUT2D eigenvalue weighted by atomic mass is 14.0. The molecular weight excluding hydrogens is 180 g/mol. The largest absolute Gasteiger partial charge is 0.100 e. The summed E-state index contributed by atoms with van der Waals surface area (Å²) in [6.07, 6.45) is 11.3. The first-order valence-corrected chi connectivity index (χ1v) is 6.09. The molecule has 0 amide bonds. The molecule has 0 aliphatic rings. The third kappa shape index (κ3) is 15.9. The summed E-state index contributed by atoms with van der Waals surface area (Å²) in [7, 11) is 0. The second-order valence-corrected chi connectivity index (χ2v) is 3.70. The summed E-state index contributed by atoms with van der Waals surface area (Å²) in [5.74, 6) is 0. The normalized spacial score (nSPS) is 11.1. The molecule has 0 aromatic heterocycles. The maximum absolute atomic E-state index is 3.90. The lowest BCUT2D eigenvalue weighted by Gasteiger charge is -2.00. The van der Waals surface area contributed by atoms with Crippen LogP contribution in [0.1, 0.15) is 60.3 Å². The fourth-order valence-electron chi connectivity index (χ4n) is 1.17. The van der Waals surface area contributed by atoms with Gasteiger partial charge in [0.05, 0.1) is 0 Å². The van der Waals surface area contributed by atoms with Crippen LogP contribution in [-0.2, 0) is 0 Å². The van der Waals surface area contributed by atoms with Gasteiger partial charge in [-0.25, -0.2) is 0 Å². The maximum atomic E-state index is 3.90. The van der Waals surface area contributed by atoms with Crippen LogP contribution in [0.3, 0.4) is 0 Å². The van der Waals surface area contributed by atoms with Crippen LogP contribution in [0.15, 0.2) is 36.0 Å². The SMILES string of the molecule is C=C(C)CCCC/C(C)=C/C=C\C.CC. The molecule has 0 heterocycles. The van der Waals surface area contributed by atoms with Gasteiger partial charge in [-0.1, -0.05) is 43.2 Å². The molecule has 0 unspecified atom stereocenters. The minimum atomic E-state index is 1.18. The van der Waals surface area contributed by atoms with Crippen molar-refractivity contribution in [2.75, 3.05) is 0 Å². The van der Waals surface area contributed by atoms with Crippen LogP contribution in [0, 0.1) is 0 Å². The van der Waals surface area contributed by atoms with Crippen molar-refractivity contribution in [3.63, 3.8) is 0 Å². The van der Waals surface area contributed by atoms with E-state index in [0.29, 0.717) is 0 Å². The molecule has 0 bridgehead atoms. The molecule has 0 atom stereocenters. The molecule has 0 nitrogen and oxygen atoms in total. The van der Waals surface area contributed by atoms with Crippen molar-refractivity contribution in [1.29, 1.82) is 0 Å². The number of hydrogen-bond acceptors (Lipinski definition) is 0. The Hall–Kier alpha value is -0.780. The van der Waals surface area contributed by atoms with Crippen molar-refractivity contribution in [1.82, 2.24) is 0 Å². The molecule has 0 fully saturated rings. The molecule has 0 rings (SSSR count). The maximum Gasteiger partial charge on any atom is -0.0320 e. The quantitative estimate of drug-likeness (QED) is 0.299. The van der Waals surface area contributed by atoms with E-state index in [1.54, 1.807) is 0 Å². The summed E-state index contributed by atoms with van der Waals surface area (Å²) in [6.45, 7) is 14.2. The van der Waals surface area contributed by atoms with Crippen LogP contribution in [0.5, 0.6) is 0 Å². The predicted octanol–water partition coefficient (Wildman–Crippen LogP) is 5.67. The fraction of sp³-hybridized carbons (Fsp3) is 0.600. The van der Waals surface area contributed by atoms with Gasteiger partial charge in [-0.15, -0.1) is 6.58 Å². The van der Waals surface area contributed by atoms with Gasteiger partial charge in [0.1, 0.15) is 0 Å². The Morgan fingerprint density at radius 3 is 2.07 bits per heavy atom. The third-order valence-electron chi connectivity index (χ3n) is 2.00. The second-order valence-electron chi connectivity index (χ2n) is 3.70. The number of rotatable bonds is 6. The Morgan fingerprint density at radius 2 is 1.60 bits per heavy atom. The van der Waals surface area contributed by atoms with Gasteiger partial charge < -0.3 is 0 Å². The summed E-state index contributed by atoms with van der Waals surface area (Å²) in [5, 5.41) is 0. The summed E-state index contributed by atoms with van der Waals surface area (Å²) >= 11 is 0. The van der Waals surface area contributed by atoms with Gasteiger partial charge in [0.15, 0.2) is 0 Å². The molecule has 0 heteroatoms. The first-order chi connectivity index (χ1) is 7.16. The van der Waals surface area contributed by atoms with Gasteiger partial charge in [0.25, 0.3) is 0 Å². The van der Waals surface area contributed by atoms with Crippen molar-refractivity contribution in [2.45, 2.75) is 60.3 Å². The van der Waals surface area contributed by atoms with Gasteiger partial charge in [-0.05, 0) is 46.5 Å². The van der Waals surface area contributed by atoms with Gasteiger partial charge in [-0.2, -0.15) is 0 Å². The number of allylic oxidation sites excluding steroid dienone is 5.